The third kappa shape index (κ3) is 10.6. The predicted molar refractivity (Wildman–Crippen MR) is 195 cm³/mol. The molecule has 0 aromatic carbocycles. The Hall–Kier alpha value is -0.240. The Balaban J connectivity index is 0.000000138. The predicted octanol–water partition coefficient (Wildman–Crippen LogP) is 6.22. The first-order valence-corrected chi connectivity index (χ1v) is 20.3. The maximum atomic E-state index is 3.66. The minimum atomic E-state index is 0.834. The summed E-state index contributed by atoms with van der Waals surface area (Å²) in [7, 11) is 0. The van der Waals surface area contributed by atoms with Crippen LogP contribution < -0.4 is 5.32 Å². The molecular weight excluding hydrogens is 552 g/mol. The number of likely N-dealkylation sites (N-methyl/N-ethyl adjacent to an activating group) is 2. The Morgan fingerprint density at radius 3 is 1.22 bits per heavy atom. The SMILES string of the molecule is C1NC2CC3CC1CN(C3)C2.CC.CCC.CCC.CCN1CC2CC3CC1CN(C3)C2.CCN1CC2CC3CC1CN(C3)C2. The molecule has 0 radical (unpaired) electrons. The van der Waals surface area contributed by atoms with Gasteiger partial charge < -0.3 is 20.0 Å². The second kappa shape index (κ2) is 19.1. The highest BCUT2D eigenvalue weighted by Crippen LogP contribution is 2.37. The van der Waals surface area contributed by atoms with Crippen molar-refractivity contribution < 1.29 is 0 Å². The van der Waals surface area contributed by atoms with E-state index < -0.39 is 0 Å². The molecule has 12 atom stereocenters. The second-order valence-corrected chi connectivity index (χ2v) is 16.3. The molecule has 1 N–H and O–H groups in total. The summed E-state index contributed by atoms with van der Waals surface area (Å²) in [4.78, 5) is 13.5. The molecule has 12 aliphatic heterocycles. The number of nitrogens with one attached hydrogen (secondary N) is 1. The largest absolute Gasteiger partial charge is 0.312 e. The molecule has 12 rings (SSSR count). The normalized spacial score (nSPS) is 42.9. The van der Waals surface area contributed by atoms with Gasteiger partial charge >= 0.3 is 0 Å². The van der Waals surface area contributed by atoms with Crippen LogP contribution in [0.15, 0.2) is 0 Å². The van der Waals surface area contributed by atoms with Crippen molar-refractivity contribution >= 4 is 0 Å². The Bertz CT molecular complexity index is 700. The Morgan fingerprint density at radius 2 is 0.800 bits per heavy atom. The Morgan fingerprint density at radius 1 is 0.422 bits per heavy atom. The van der Waals surface area contributed by atoms with Crippen LogP contribution in [-0.4, -0.2) is 134 Å². The van der Waals surface area contributed by atoms with Gasteiger partial charge in [-0.25, -0.2) is 0 Å². The maximum Gasteiger partial charge on any atom is 0.0226 e. The fourth-order valence-electron chi connectivity index (χ4n) is 10.7. The number of nitrogens with zero attached hydrogens (tertiary/aromatic N) is 5. The van der Waals surface area contributed by atoms with Crippen molar-refractivity contribution in [2.75, 3.05) is 91.6 Å². The van der Waals surface area contributed by atoms with Gasteiger partial charge in [0.2, 0.25) is 0 Å². The number of fused-ring (bicyclic) bond motifs is 3. The van der Waals surface area contributed by atoms with Crippen LogP contribution in [0.1, 0.15) is 107 Å². The molecule has 45 heavy (non-hydrogen) atoms. The molecule has 0 aromatic heterocycles. The van der Waals surface area contributed by atoms with Crippen molar-refractivity contribution in [2.45, 2.75) is 125 Å². The van der Waals surface area contributed by atoms with Crippen LogP contribution in [0, 0.1) is 35.5 Å². The van der Waals surface area contributed by atoms with E-state index in [4.69, 9.17) is 0 Å². The van der Waals surface area contributed by atoms with E-state index in [0.29, 0.717) is 0 Å². The number of rotatable bonds is 2. The Kier molecular flexibility index (Phi) is 15.9. The van der Waals surface area contributed by atoms with Crippen molar-refractivity contribution in [3.05, 3.63) is 0 Å². The number of hydrogen-bond donors (Lipinski definition) is 1. The van der Waals surface area contributed by atoms with Crippen LogP contribution in [0.2, 0.25) is 0 Å². The van der Waals surface area contributed by atoms with Gasteiger partial charge in [-0.05, 0) is 93.7 Å². The van der Waals surface area contributed by atoms with Gasteiger partial charge in [0.1, 0.15) is 0 Å². The number of hydrogen-bond acceptors (Lipinski definition) is 6. The standard InChI is InChI=1S/2C11H20N2.C9H16N2.2C3H8.C2H6/c2*1-2-13-7-10-3-9-4-11(13)8-12(5-9)6-10;1-7-2-9-6-11(4-7)5-8(1)3-10-9;2*1-3-2;1-2/h2*9-11H,2-8H2,1H3;7-10H,1-6H2;2*3H2,1-2H3;1-2H3. The summed E-state index contributed by atoms with van der Waals surface area (Å²) in [5, 5.41) is 3.66. The van der Waals surface area contributed by atoms with Gasteiger partial charge in [-0.2, -0.15) is 0 Å². The lowest BCUT2D eigenvalue weighted by molar-refractivity contribution is 0.0808. The van der Waals surface area contributed by atoms with Gasteiger partial charge in [0.05, 0.1) is 0 Å². The van der Waals surface area contributed by atoms with Crippen LogP contribution in [0.4, 0.5) is 0 Å². The fraction of sp³-hybridized carbons (Fsp3) is 1.00. The van der Waals surface area contributed by atoms with Gasteiger partial charge in [-0.3, -0.25) is 9.80 Å². The lowest BCUT2D eigenvalue weighted by Gasteiger charge is -2.41. The first kappa shape index (κ1) is 37.6. The highest BCUT2D eigenvalue weighted by Gasteiger charge is 2.42. The molecule has 12 fully saturated rings. The van der Waals surface area contributed by atoms with Gasteiger partial charge in [0.15, 0.2) is 0 Å². The zero-order chi connectivity index (χ0) is 32.3. The summed E-state index contributed by atoms with van der Waals surface area (Å²) >= 11 is 0. The van der Waals surface area contributed by atoms with E-state index in [1.807, 2.05) is 13.8 Å². The van der Waals surface area contributed by atoms with E-state index in [1.165, 1.54) is 143 Å². The molecule has 12 saturated heterocycles. The van der Waals surface area contributed by atoms with E-state index in [2.05, 4.69) is 71.4 Å². The molecule has 12 heterocycles. The van der Waals surface area contributed by atoms with Crippen LogP contribution >= 0.6 is 0 Å². The summed E-state index contributed by atoms with van der Waals surface area (Å²) in [6, 6.07) is 2.63. The highest BCUT2D eigenvalue weighted by molar-refractivity contribution is 4.97. The van der Waals surface area contributed by atoms with Crippen LogP contribution in [0.25, 0.3) is 0 Å². The third-order valence-corrected chi connectivity index (χ3v) is 11.9. The molecule has 0 amide bonds. The van der Waals surface area contributed by atoms with Gasteiger partial charge in [0, 0.05) is 90.1 Å². The molecule has 12 aliphatic rings. The first-order chi connectivity index (χ1) is 21.9. The van der Waals surface area contributed by atoms with E-state index in [-0.39, 0.29) is 0 Å². The first-order valence-electron chi connectivity index (χ1n) is 20.3. The summed E-state index contributed by atoms with van der Waals surface area (Å²) in [6.45, 7) is 36.2. The van der Waals surface area contributed by atoms with Crippen molar-refractivity contribution in [3.63, 3.8) is 0 Å². The third-order valence-electron chi connectivity index (χ3n) is 11.9. The lowest BCUT2D eigenvalue weighted by atomic mass is 9.84. The van der Waals surface area contributed by atoms with Crippen molar-refractivity contribution in [1.29, 1.82) is 0 Å². The summed E-state index contributed by atoms with van der Waals surface area (Å²) in [5.41, 5.74) is 0. The highest BCUT2D eigenvalue weighted by atomic mass is 15.3. The summed E-state index contributed by atoms with van der Waals surface area (Å²) in [5.74, 6) is 6.06. The zero-order valence-corrected chi connectivity index (χ0v) is 31.5. The molecule has 6 nitrogen and oxygen atoms in total. The molecule has 264 valence electrons. The van der Waals surface area contributed by atoms with Crippen LogP contribution in [0.3, 0.4) is 0 Å². The van der Waals surface area contributed by atoms with Gasteiger partial charge in [-0.1, -0.05) is 68.2 Å². The van der Waals surface area contributed by atoms with E-state index >= 15 is 0 Å². The zero-order valence-electron chi connectivity index (χ0n) is 31.5. The minimum Gasteiger partial charge on any atom is -0.312 e. The maximum absolute atomic E-state index is 3.66. The quantitative estimate of drug-likeness (QED) is 0.390. The Labute approximate surface area is 281 Å². The summed E-state index contributed by atoms with van der Waals surface area (Å²) in [6.07, 6.45) is 11.5. The molecule has 0 aromatic rings. The monoisotopic (exact) mass is 631 g/mol. The van der Waals surface area contributed by atoms with Crippen molar-refractivity contribution in [1.82, 2.24) is 29.8 Å². The smallest absolute Gasteiger partial charge is 0.0226 e. The minimum absolute atomic E-state index is 0.834. The van der Waals surface area contributed by atoms with Crippen molar-refractivity contribution in [2.24, 2.45) is 35.5 Å². The molecule has 12 unspecified atom stereocenters. The number of piperidine rings is 6. The molecule has 0 aliphatic carbocycles. The van der Waals surface area contributed by atoms with Crippen molar-refractivity contribution in [3.8, 4) is 0 Å². The van der Waals surface area contributed by atoms with Crippen LogP contribution in [-0.2, 0) is 0 Å². The van der Waals surface area contributed by atoms with E-state index in [9.17, 15) is 0 Å². The molecular formula is C39H78N6. The van der Waals surface area contributed by atoms with Gasteiger partial charge in [0.25, 0.3) is 0 Å². The van der Waals surface area contributed by atoms with E-state index in [1.54, 1.807) is 0 Å². The fourth-order valence-corrected chi connectivity index (χ4v) is 10.7. The lowest BCUT2D eigenvalue weighted by Crippen LogP contribution is -2.49. The molecule has 12 bridgehead atoms. The second-order valence-electron chi connectivity index (χ2n) is 16.3. The average molecular weight is 631 g/mol. The molecule has 0 spiro atoms. The van der Waals surface area contributed by atoms with Crippen LogP contribution in [0.5, 0.6) is 0 Å². The van der Waals surface area contributed by atoms with Gasteiger partial charge in [-0.15, -0.1) is 0 Å². The summed E-state index contributed by atoms with van der Waals surface area (Å²) < 4.78 is 0. The molecule has 6 heteroatoms. The van der Waals surface area contributed by atoms with E-state index in [0.717, 1.165) is 53.6 Å². The topological polar surface area (TPSA) is 28.2 Å². The average Bonchev–Trinajstić information content (AvgIpc) is 3.46. The molecule has 0 saturated carbocycles.